The van der Waals surface area contributed by atoms with Crippen molar-refractivity contribution in [1.82, 2.24) is 9.62 Å². The van der Waals surface area contributed by atoms with Crippen molar-refractivity contribution in [1.29, 1.82) is 0 Å². The lowest BCUT2D eigenvalue weighted by Gasteiger charge is -2.24. The van der Waals surface area contributed by atoms with Gasteiger partial charge in [0.15, 0.2) is 0 Å². The summed E-state index contributed by atoms with van der Waals surface area (Å²) in [7, 11) is -0.546. The Bertz CT molecular complexity index is 582. The van der Waals surface area contributed by atoms with Crippen molar-refractivity contribution in [2.45, 2.75) is 18.7 Å². The third kappa shape index (κ3) is 5.08. The molecule has 0 aromatic heterocycles. The molecule has 0 atom stereocenters. The van der Waals surface area contributed by atoms with E-state index in [1.54, 1.807) is 12.0 Å². The van der Waals surface area contributed by atoms with E-state index in [1.165, 1.54) is 31.3 Å². The minimum atomic E-state index is -3.49. The van der Waals surface area contributed by atoms with E-state index in [0.717, 1.165) is 0 Å². The van der Waals surface area contributed by atoms with Crippen LogP contribution < -0.4 is 4.72 Å². The summed E-state index contributed by atoms with van der Waals surface area (Å²) in [5.74, 6) is 0.212. The minimum Gasteiger partial charge on any atom is -0.383 e. The number of methoxy groups -OCH3 is 1. The summed E-state index contributed by atoms with van der Waals surface area (Å²) in [4.78, 5) is 14.4. The molecule has 0 saturated carbocycles. The monoisotopic (exact) mass is 328 g/mol. The van der Waals surface area contributed by atoms with Crippen molar-refractivity contribution >= 4 is 15.9 Å². The SMILES string of the molecule is CNS(=O)(=O)c1ccc(C(=O)N(CCOC)CC(C)C)cc1. The van der Waals surface area contributed by atoms with Crippen LogP contribution in [-0.4, -0.2) is 53.1 Å². The van der Waals surface area contributed by atoms with E-state index in [1.807, 2.05) is 13.8 Å². The highest BCUT2D eigenvalue weighted by atomic mass is 32.2. The quantitative estimate of drug-likeness (QED) is 0.781. The Labute approximate surface area is 132 Å². The average molecular weight is 328 g/mol. The van der Waals surface area contributed by atoms with Crippen LogP contribution in [0.25, 0.3) is 0 Å². The largest absolute Gasteiger partial charge is 0.383 e. The van der Waals surface area contributed by atoms with E-state index in [-0.39, 0.29) is 10.8 Å². The number of ether oxygens (including phenoxy) is 1. The normalized spacial score (nSPS) is 11.7. The van der Waals surface area contributed by atoms with Crippen molar-refractivity contribution in [3.05, 3.63) is 29.8 Å². The van der Waals surface area contributed by atoms with Gasteiger partial charge in [0.1, 0.15) is 0 Å². The molecule has 0 radical (unpaired) electrons. The third-order valence-electron chi connectivity index (χ3n) is 3.12. The maximum absolute atomic E-state index is 12.5. The van der Waals surface area contributed by atoms with Gasteiger partial charge in [-0.15, -0.1) is 0 Å². The van der Waals surface area contributed by atoms with Crippen LogP contribution in [-0.2, 0) is 14.8 Å². The number of nitrogens with zero attached hydrogens (tertiary/aromatic N) is 1. The van der Waals surface area contributed by atoms with E-state index in [9.17, 15) is 13.2 Å². The summed E-state index contributed by atoms with van der Waals surface area (Å²) >= 11 is 0. The summed E-state index contributed by atoms with van der Waals surface area (Å²) in [6.07, 6.45) is 0. The molecule has 1 N–H and O–H groups in total. The molecule has 7 heteroatoms. The van der Waals surface area contributed by atoms with Gasteiger partial charge >= 0.3 is 0 Å². The lowest BCUT2D eigenvalue weighted by atomic mass is 10.1. The first-order valence-corrected chi connectivity index (χ1v) is 8.62. The van der Waals surface area contributed by atoms with Gasteiger partial charge in [0.05, 0.1) is 11.5 Å². The van der Waals surface area contributed by atoms with Crippen LogP contribution in [0.2, 0.25) is 0 Å². The Hall–Kier alpha value is -1.44. The second-order valence-corrected chi connectivity index (χ2v) is 7.26. The Balaban J connectivity index is 2.94. The molecular formula is C15H24N2O4S. The van der Waals surface area contributed by atoms with Gasteiger partial charge < -0.3 is 9.64 Å². The molecule has 1 rings (SSSR count). The molecule has 0 fully saturated rings. The Morgan fingerprint density at radius 3 is 2.32 bits per heavy atom. The highest BCUT2D eigenvalue weighted by molar-refractivity contribution is 7.89. The maximum atomic E-state index is 12.5. The smallest absolute Gasteiger partial charge is 0.253 e. The number of amides is 1. The first kappa shape index (κ1) is 18.6. The third-order valence-corrected chi connectivity index (χ3v) is 4.55. The van der Waals surface area contributed by atoms with Gasteiger partial charge in [0, 0.05) is 25.8 Å². The molecular weight excluding hydrogens is 304 g/mol. The molecule has 1 amide bonds. The van der Waals surface area contributed by atoms with E-state index in [0.29, 0.717) is 31.2 Å². The molecule has 1 aromatic rings. The molecule has 0 saturated heterocycles. The molecule has 0 bridgehead atoms. The summed E-state index contributed by atoms with van der Waals surface area (Å²) < 4.78 is 30.6. The molecule has 1 aromatic carbocycles. The van der Waals surface area contributed by atoms with Crippen LogP contribution in [0, 0.1) is 5.92 Å². The summed E-state index contributed by atoms with van der Waals surface area (Å²) in [6, 6.07) is 5.94. The predicted octanol–water partition coefficient (Wildman–Crippen LogP) is 1.34. The van der Waals surface area contributed by atoms with Gasteiger partial charge in [0.2, 0.25) is 10.0 Å². The highest BCUT2D eigenvalue weighted by Gasteiger charge is 2.18. The molecule has 124 valence electrons. The van der Waals surface area contributed by atoms with Gasteiger partial charge in [-0.25, -0.2) is 13.1 Å². The molecule has 0 unspecified atom stereocenters. The standard InChI is InChI=1S/C15H24N2O4S/c1-12(2)11-17(9-10-21-4)15(18)13-5-7-14(8-6-13)22(19,20)16-3/h5-8,12,16H,9-11H2,1-4H3. The van der Waals surface area contributed by atoms with Crippen LogP contribution in [0.15, 0.2) is 29.2 Å². The lowest BCUT2D eigenvalue weighted by Crippen LogP contribution is -2.36. The number of nitrogens with one attached hydrogen (secondary N) is 1. The van der Waals surface area contributed by atoms with Crippen LogP contribution >= 0.6 is 0 Å². The summed E-state index contributed by atoms with van der Waals surface area (Å²) in [5, 5.41) is 0. The van der Waals surface area contributed by atoms with Crippen molar-refractivity contribution in [2.24, 2.45) is 5.92 Å². The maximum Gasteiger partial charge on any atom is 0.253 e. The first-order valence-electron chi connectivity index (χ1n) is 7.13. The van der Waals surface area contributed by atoms with Crippen molar-refractivity contribution in [3.63, 3.8) is 0 Å². The lowest BCUT2D eigenvalue weighted by molar-refractivity contribution is 0.0672. The fourth-order valence-electron chi connectivity index (χ4n) is 2.00. The Morgan fingerprint density at radius 2 is 1.86 bits per heavy atom. The molecule has 0 heterocycles. The fraction of sp³-hybridized carbons (Fsp3) is 0.533. The number of carbonyl (C=O) groups is 1. The molecule has 22 heavy (non-hydrogen) atoms. The fourth-order valence-corrected chi connectivity index (χ4v) is 2.73. The summed E-state index contributed by atoms with van der Waals surface area (Å²) in [6.45, 7) is 5.67. The zero-order valence-electron chi connectivity index (χ0n) is 13.5. The van der Waals surface area contributed by atoms with Gasteiger partial charge in [-0.05, 0) is 37.2 Å². The Kier molecular flexibility index (Phi) is 6.99. The second-order valence-electron chi connectivity index (χ2n) is 5.37. The number of carbonyl (C=O) groups excluding carboxylic acids is 1. The predicted molar refractivity (Wildman–Crippen MR) is 85.3 cm³/mol. The zero-order chi connectivity index (χ0) is 16.8. The van der Waals surface area contributed by atoms with Gasteiger partial charge in [-0.3, -0.25) is 4.79 Å². The molecule has 0 aliphatic rings. The van der Waals surface area contributed by atoms with E-state index in [4.69, 9.17) is 4.74 Å². The highest BCUT2D eigenvalue weighted by Crippen LogP contribution is 2.13. The van der Waals surface area contributed by atoms with Gasteiger partial charge in [-0.2, -0.15) is 0 Å². The second kappa shape index (κ2) is 8.26. The Morgan fingerprint density at radius 1 is 1.27 bits per heavy atom. The molecule has 0 aliphatic heterocycles. The van der Waals surface area contributed by atoms with Crippen LogP contribution in [0.1, 0.15) is 24.2 Å². The average Bonchev–Trinajstić information content (AvgIpc) is 2.50. The number of sulfonamides is 1. The van der Waals surface area contributed by atoms with Gasteiger partial charge in [0.25, 0.3) is 5.91 Å². The van der Waals surface area contributed by atoms with E-state index in [2.05, 4.69) is 4.72 Å². The van der Waals surface area contributed by atoms with Crippen LogP contribution in [0.5, 0.6) is 0 Å². The van der Waals surface area contributed by atoms with E-state index >= 15 is 0 Å². The number of hydrogen-bond donors (Lipinski definition) is 1. The minimum absolute atomic E-state index is 0.126. The van der Waals surface area contributed by atoms with Crippen molar-refractivity contribution in [2.75, 3.05) is 33.9 Å². The summed E-state index contributed by atoms with van der Waals surface area (Å²) in [5.41, 5.74) is 0.465. The number of hydrogen-bond acceptors (Lipinski definition) is 4. The van der Waals surface area contributed by atoms with E-state index < -0.39 is 10.0 Å². The topological polar surface area (TPSA) is 75.7 Å². The zero-order valence-corrected chi connectivity index (χ0v) is 14.3. The van der Waals surface area contributed by atoms with Crippen molar-refractivity contribution < 1.29 is 17.9 Å². The molecule has 6 nitrogen and oxygen atoms in total. The molecule has 0 aliphatic carbocycles. The number of benzene rings is 1. The van der Waals surface area contributed by atoms with Gasteiger partial charge in [-0.1, -0.05) is 13.8 Å². The number of rotatable bonds is 8. The first-order chi connectivity index (χ1) is 10.3. The van der Waals surface area contributed by atoms with Crippen LogP contribution in [0.3, 0.4) is 0 Å². The van der Waals surface area contributed by atoms with Crippen molar-refractivity contribution in [3.8, 4) is 0 Å². The molecule has 0 spiro atoms. The van der Waals surface area contributed by atoms with Crippen LogP contribution in [0.4, 0.5) is 0 Å².